The molecular weight excluding hydrogens is 184 g/mol. The van der Waals surface area contributed by atoms with E-state index in [0.29, 0.717) is 4.77 Å². The molecule has 0 radical (unpaired) electrons. The third-order valence-corrected chi connectivity index (χ3v) is 1.85. The molecule has 1 N–H and O–H groups in total. The van der Waals surface area contributed by atoms with Gasteiger partial charge in [0.05, 0.1) is 5.69 Å². The van der Waals surface area contributed by atoms with Crippen LogP contribution < -0.4 is 0 Å². The largest absolute Gasteiger partial charge is 0.249 e. The van der Waals surface area contributed by atoms with E-state index in [1.807, 2.05) is 31.2 Å². The fraction of sp³-hybridized carbons (Fsp3) is 0.125. The lowest BCUT2D eigenvalue weighted by molar-refractivity contribution is 0.719. The minimum atomic E-state index is 0.390. The summed E-state index contributed by atoms with van der Waals surface area (Å²) in [5, 5.41) is 10.4. The summed E-state index contributed by atoms with van der Waals surface area (Å²) in [5.74, 6) is 0. The van der Waals surface area contributed by atoms with Gasteiger partial charge in [-0.15, -0.1) is 0 Å². The molecule has 0 spiro atoms. The third-order valence-electron chi connectivity index (χ3n) is 1.67. The maximum absolute atomic E-state index is 4.82. The van der Waals surface area contributed by atoms with E-state index in [9.17, 15) is 0 Å². The molecule has 13 heavy (non-hydrogen) atoms. The summed E-state index contributed by atoms with van der Waals surface area (Å²) in [6.07, 6.45) is 0. The van der Waals surface area contributed by atoms with Crippen LogP contribution in [0.5, 0.6) is 0 Å². The van der Waals surface area contributed by atoms with E-state index >= 15 is 0 Å². The van der Waals surface area contributed by atoms with Crippen LogP contribution in [0.1, 0.15) is 5.56 Å². The fourth-order valence-corrected chi connectivity index (χ4v) is 1.22. The number of nitrogens with zero attached hydrogens (tertiary/aromatic N) is 3. The standard InChI is InChI=1S/C8H8N4S/c1-6-3-2-4-7(5-6)12-10-8(13)9-11-12/h2-5H,1H3,(H,10,13). The Hall–Kier alpha value is -1.49. The number of H-pyrrole nitrogens is 1. The predicted octanol–water partition coefficient (Wildman–Crippen LogP) is 1.63. The van der Waals surface area contributed by atoms with Gasteiger partial charge in [-0.3, -0.25) is 0 Å². The Morgan fingerprint density at radius 2 is 2.31 bits per heavy atom. The number of aryl methyl sites for hydroxylation is 1. The first-order chi connectivity index (χ1) is 6.25. The number of aromatic nitrogens is 4. The molecule has 1 aromatic heterocycles. The second-order valence-corrected chi connectivity index (χ2v) is 3.14. The molecule has 0 amide bonds. The zero-order valence-electron chi connectivity index (χ0n) is 7.06. The highest BCUT2D eigenvalue weighted by molar-refractivity contribution is 7.71. The lowest BCUT2D eigenvalue weighted by Crippen LogP contribution is -1.98. The Bertz CT molecular complexity index is 471. The minimum Gasteiger partial charge on any atom is -0.249 e. The van der Waals surface area contributed by atoms with Crippen LogP contribution in [0.15, 0.2) is 24.3 Å². The van der Waals surface area contributed by atoms with Crippen molar-refractivity contribution in [2.75, 3.05) is 0 Å². The van der Waals surface area contributed by atoms with Gasteiger partial charge in [-0.05, 0) is 42.1 Å². The van der Waals surface area contributed by atoms with Crippen LogP contribution >= 0.6 is 12.2 Å². The van der Waals surface area contributed by atoms with Crippen LogP contribution in [0.4, 0.5) is 0 Å². The maximum Gasteiger partial charge on any atom is 0.236 e. The van der Waals surface area contributed by atoms with Crippen molar-refractivity contribution in [3.63, 3.8) is 0 Å². The van der Waals surface area contributed by atoms with Gasteiger partial charge in [-0.1, -0.05) is 17.2 Å². The van der Waals surface area contributed by atoms with Crippen molar-refractivity contribution in [3.8, 4) is 5.69 Å². The van der Waals surface area contributed by atoms with E-state index in [-0.39, 0.29) is 0 Å². The molecule has 0 saturated heterocycles. The highest BCUT2D eigenvalue weighted by Gasteiger charge is 1.96. The summed E-state index contributed by atoms with van der Waals surface area (Å²) in [4.78, 5) is 1.55. The number of tetrazole rings is 1. The van der Waals surface area contributed by atoms with Crippen molar-refractivity contribution in [1.29, 1.82) is 0 Å². The first-order valence-corrected chi connectivity index (χ1v) is 4.25. The SMILES string of the molecule is Cc1cccc(-n2nnc(=S)[nH]2)c1. The quantitative estimate of drug-likeness (QED) is 0.698. The summed E-state index contributed by atoms with van der Waals surface area (Å²) in [6, 6.07) is 7.92. The number of aromatic amines is 1. The minimum absolute atomic E-state index is 0.390. The lowest BCUT2D eigenvalue weighted by atomic mass is 10.2. The molecule has 2 rings (SSSR count). The van der Waals surface area contributed by atoms with E-state index in [0.717, 1.165) is 5.69 Å². The number of benzene rings is 1. The van der Waals surface area contributed by atoms with Gasteiger partial charge < -0.3 is 0 Å². The summed E-state index contributed by atoms with van der Waals surface area (Å²) in [5.41, 5.74) is 2.11. The van der Waals surface area contributed by atoms with Crippen LogP contribution in [0, 0.1) is 11.7 Å². The van der Waals surface area contributed by atoms with Gasteiger partial charge in [-0.2, -0.15) is 4.80 Å². The van der Waals surface area contributed by atoms with Crippen molar-refractivity contribution in [1.82, 2.24) is 20.2 Å². The zero-order chi connectivity index (χ0) is 9.26. The highest BCUT2D eigenvalue weighted by atomic mass is 32.1. The van der Waals surface area contributed by atoms with Gasteiger partial charge >= 0.3 is 0 Å². The molecule has 0 unspecified atom stereocenters. The van der Waals surface area contributed by atoms with Gasteiger partial charge in [0.2, 0.25) is 4.77 Å². The lowest BCUT2D eigenvalue weighted by Gasteiger charge is -1.99. The molecule has 0 aliphatic carbocycles. The molecule has 0 aliphatic rings. The van der Waals surface area contributed by atoms with E-state index in [1.54, 1.807) is 4.80 Å². The maximum atomic E-state index is 4.82. The van der Waals surface area contributed by atoms with Crippen molar-refractivity contribution in [2.24, 2.45) is 0 Å². The first kappa shape index (κ1) is 8.12. The monoisotopic (exact) mass is 192 g/mol. The van der Waals surface area contributed by atoms with Crippen molar-refractivity contribution < 1.29 is 0 Å². The molecule has 0 fully saturated rings. The molecular formula is C8H8N4S. The van der Waals surface area contributed by atoms with E-state index in [2.05, 4.69) is 15.4 Å². The summed E-state index contributed by atoms with van der Waals surface area (Å²) in [7, 11) is 0. The Morgan fingerprint density at radius 3 is 2.92 bits per heavy atom. The van der Waals surface area contributed by atoms with Crippen LogP contribution in [0.25, 0.3) is 5.69 Å². The molecule has 0 atom stereocenters. The smallest absolute Gasteiger partial charge is 0.236 e. The summed E-state index contributed by atoms with van der Waals surface area (Å²) >= 11 is 4.82. The number of hydrogen-bond acceptors (Lipinski definition) is 3. The van der Waals surface area contributed by atoms with Crippen LogP contribution in [-0.4, -0.2) is 20.2 Å². The first-order valence-electron chi connectivity index (χ1n) is 3.85. The van der Waals surface area contributed by atoms with E-state index in [1.165, 1.54) is 5.56 Å². The van der Waals surface area contributed by atoms with Crippen molar-refractivity contribution >= 4 is 12.2 Å². The van der Waals surface area contributed by atoms with Crippen molar-refractivity contribution in [3.05, 3.63) is 34.6 Å². The number of nitrogens with one attached hydrogen (secondary N) is 1. The fourth-order valence-electron chi connectivity index (χ4n) is 1.10. The Morgan fingerprint density at radius 1 is 1.46 bits per heavy atom. The second kappa shape index (κ2) is 3.10. The van der Waals surface area contributed by atoms with Gasteiger partial charge in [0, 0.05) is 0 Å². The summed E-state index contributed by atoms with van der Waals surface area (Å²) in [6.45, 7) is 2.02. The second-order valence-electron chi connectivity index (χ2n) is 2.76. The molecule has 2 aromatic rings. The molecule has 0 bridgehead atoms. The van der Waals surface area contributed by atoms with Crippen molar-refractivity contribution in [2.45, 2.75) is 6.92 Å². The Labute approximate surface area is 80.2 Å². The topological polar surface area (TPSA) is 46.5 Å². The average Bonchev–Trinajstić information content (AvgIpc) is 2.52. The van der Waals surface area contributed by atoms with Gasteiger partial charge in [0.15, 0.2) is 0 Å². The molecule has 5 heteroatoms. The molecule has 4 nitrogen and oxygen atoms in total. The molecule has 0 saturated carbocycles. The van der Waals surface area contributed by atoms with Crippen LogP contribution in [0.2, 0.25) is 0 Å². The number of hydrogen-bond donors (Lipinski definition) is 1. The van der Waals surface area contributed by atoms with Crippen LogP contribution in [-0.2, 0) is 0 Å². The zero-order valence-corrected chi connectivity index (χ0v) is 7.88. The van der Waals surface area contributed by atoms with E-state index in [4.69, 9.17) is 12.2 Å². The van der Waals surface area contributed by atoms with Gasteiger partial charge in [0.1, 0.15) is 0 Å². The number of rotatable bonds is 1. The molecule has 1 heterocycles. The van der Waals surface area contributed by atoms with Gasteiger partial charge in [0.25, 0.3) is 0 Å². The molecule has 66 valence electrons. The Balaban J connectivity index is 2.52. The third kappa shape index (κ3) is 1.65. The normalized spacial score (nSPS) is 10.2. The summed E-state index contributed by atoms with van der Waals surface area (Å²) < 4.78 is 0.390. The Kier molecular flexibility index (Phi) is 1.94. The predicted molar refractivity (Wildman–Crippen MR) is 51.3 cm³/mol. The van der Waals surface area contributed by atoms with E-state index < -0.39 is 0 Å². The molecule has 1 aromatic carbocycles. The van der Waals surface area contributed by atoms with Gasteiger partial charge in [-0.25, -0.2) is 5.10 Å². The average molecular weight is 192 g/mol. The highest BCUT2D eigenvalue weighted by Crippen LogP contribution is 2.06. The van der Waals surface area contributed by atoms with Crippen LogP contribution in [0.3, 0.4) is 0 Å². The molecule has 0 aliphatic heterocycles.